The fourth-order valence-electron chi connectivity index (χ4n) is 2.20. The van der Waals surface area contributed by atoms with Crippen LogP contribution in [0.25, 0.3) is 11.3 Å². The van der Waals surface area contributed by atoms with Gasteiger partial charge >= 0.3 is 5.97 Å². The third kappa shape index (κ3) is 4.10. The van der Waals surface area contributed by atoms with Crippen LogP contribution in [0.5, 0.6) is 0 Å². The molecule has 0 saturated carbocycles. The zero-order chi connectivity index (χ0) is 16.8. The van der Waals surface area contributed by atoms with E-state index < -0.39 is 18.1 Å². The molecule has 1 heterocycles. The van der Waals surface area contributed by atoms with Crippen LogP contribution < -0.4 is 10.9 Å². The molecule has 0 aliphatic carbocycles. The minimum absolute atomic E-state index is 0.0735. The predicted molar refractivity (Wildman–Crippen MR) is 90.0 cm³/mol. The number of anilines is 1. The van der Waals surface area contributed by atoms with Crippen molar-refractivity contribution < 1.29 is 9.90 Å². The number of benzene rings is 1. The quantitative estimate of drug-likeness (QED) is 0.760. The second kappa shape index (κ2) is 7.78. The molecule has 1 aromatic heterocycles. The van der Waals surface area contributed by atoms with Crippen LogP contribution >= 0.6 is 11.6 Å². The third-order valence-corrected chi connectivity index (χ3v) is 3.55. The second-order valence-corrected chi connectivity index (χ2v) is 5.39. The van der Waals surface area contributed by atoms with Crippen LogP contribution in [0.1, 0.15) is 19.8 Å². The molecule has 0 radical (unpaired) electrons. The lowest BCUT2D eigenvalue weighted by molar-refractivity contribution is -0.137. The maximum Gasteiger partial charge on any atom is 0.323 e. The lowest BCUT2D eigenvalue weighted by atomic mass is 10.1. The Kier molecular flexibility index (Phi) is 5.76. The van der Waals surface area contributed by atoms with Gasteiger partial charge in [0.15, 0.2) is 11.0 Å². The lowest BCUT2D eigenvalue weighted by Gasteiger charge is -2.15. The molecule has 23 heavy (non-hydrogen) atoms. The topological polar surface area (TPSA) is 84.2 Å². The lowest BCUT2D eigenvalue weighted by Crippen LogP contribution is -2.29. The molecule has 0 unspecified atom stereocenters. The minimum Gasteiger partial charge on any atom is -0.480 e. The Morgan fingerprint density at radius 2 is 2.04 bits per heavy atom. The second-order valence-electron chi connectivity index (χ2n) is 5.03. The first-order valence-corrected chi connectivity index (χ1v) is 7.73. The minimum atomic E-state index is -1.12. The van der Waals surface area contributed by atoms with E-state index >= 15 is 0 Å². The van der Waals surface area contributed by atoms with Gasteiger partial charge in [0.1, 0.15) is 6.54 Å². The van der Waals surface area contributed by atoms with Crippen molar-refractivity contribution in [3.05, 3.63) is 45.8 Å². The van der Waals surface area contributed by atoms with Crippen molar-refractivity contribution in [3.8, 4) is 11.3 Å². The molecule has 6 nitrogen and oxygen atoms in total. The largest absolute Gasteiger partial charge is 0.480 e. The number of hydrogen-bond donors (Lipinski definition) is 2. The molecule has 0 spiro atoms. The highest BCUT2D eigenvalue weighted by molar-refractivity contribution is 6.32. The van der Waals surface area contributed by atoms with Gasteiger partial charge in [0, 0.05) is 12.1 Å². The molecule has 2 N–H and O–H groups in total. The van der Waals surface area contributed by atoms with Crippen LogP contribution in [-0.2, 0) is 11.3 Å². The van der Waals surface area contributed by atoms with Crippen LogP contribution in [0.4, 0.5) is 5.82 Å². The van der Waals surface area contributed by atoms with E-state index in [1.54, 1.807) is 24.3 Å². The maximum atomic E-state index is 12.6. The van der Waals surface area contributed by atoms with Crippen molar-refractivity contribution in [1.29, 1.82) is 0 Å². The summed E-state index contributed by atoms with van der Waals surface area (Å²) in [6.07, 6.45) is 1.84. The smallest absolute Gasteiger partial charge is 0.323 e. The number of unbranched alkanes of at least 4 members (excludes halogenated alkanes) is 1. The fraction of sp³-hybridized carbons (Fsp3) is 0.312. The van der Waals surface area contributed by atoms with Gasteiger partial charge in [-0.05, 0) is 6.42 Å². The fourth-order valence-corrected chi connectivity index (χ4v) is 2.49. The Labute approximate surface area is 138 Å². The van der Waals surface area contributed by atoms with E-state index in [0.29, 0.717) is 17.8 Å². The summed E-state index contributed by atoms with van der Waals surface area (Å²) in [4.78, 5) is 27.8. The summed E-state index contributed by atoms with van der Waals surface area (Å²) in [6.45, 7) is 2.13. The summed E-state index contributed by atoms with van der Waals surface area (Å²) in [6, 6.07) is 8.91. The molecule has 7 heteroatoms. The van der Waals surface area contributed by atoms with Gasteiger partial charge in [-0.1, -0.05) is 55.3 Å². The van der Waals surface area contributed by atoms with Crippen LogP contribution in [0.3, 0.4) is 0 Å². The molecule has 0 amide bonds. The Morgan fingerprint density at radius 1 is 1.35 bits per heavy atom. The van der Waals surface area contributed by atoms with Gasteiger partial charge in [0.25, 0.3) is 5.56 Å². The van der Waals surface area contributed by atoms with Crippen LogP contribution in [-0.4, -0.2) is 27.2 Å². The number of nitrogens with one attached hydrogen (secondary N) is 1. The maximum absolute atomic E-state index is 12.6. The van der Waals surface area contributed by atoms with Crippen molar-refractivity contribution in [2.45, 2.75) is 26.3 Å². The molecule has 0 atom stereocenters. The van der Waals surface area contributed by atoms with Crippen molar-refractivity contribution in [3.63, 3.8) is 0 Å². The van der Waals surface area contributed by atoms with Crippen LogP contribution in [0.15, 0.2) is 35.1 Å². The molecule has 2 aromatic rings. The molecule has 0 bridgehead atoms. The van der Waals surface area contributed by atoms with Crippen LogP contribution in [0, 0.1) is 0 Å². The summed E-state index contributed by atoms with van der Waals surface area (Å²) in [5.41, 5.74) is 0.455. The molecule has 122 valence electrons. The first-order chi connectivity index (χ1) is 11.0. The third-order valence-electron chi connectivity index (χ3n) is 3.29. The normalized spacial score (nSPS) is 10.5. The zero-order valence-electron chi connectivity index (χ0n) is 12.8. The van der Waals surface area contributed by atoms with E-state index in [1.807, 2.05) is 13.0 Å². The average molecular weight is 336 g/mol. The number of hydrogen-bond acceptors (Lipinski definition) is 4. The number of carboxylic acids is 1. The molecule has 2 rings (SSSR count). The molecule has 0 aliphatic rings. The summed E-state index contributed by atoms with van der Waals surface area (Å²) < 4.78 is 1.14. The van der Waals surface area contributed by atoms with Gasteiger partial charge < -0.3 is 10.4 Å². The Morgan fingerprint density at radius 3 is 2.65 bits per heavy atom. The van der Waals surface area contributed by atoms with Crippen molar-refractivity contribution in [2.24, 2.45) is 0 Å². The number of nitrogens with zero attached hydrogens (tertiary/aromatic N) is 2. The van der Waals surface area contributed by atoms with Crippen molar-refractivity contribution >= 4 is 23.4 Å². The van der Waals surface area contributed by atoms with Gasteiger partial charge in [-0.15, -0.1) is 0 Å². The molecule has 0 fully saturated rings. The van der Waals surface area contributed by atoms with E-state index in [0.717, 1.165) is 17.4 Å². The van der Waals surface area contributed by atoms with Gasteiger partial charge in [0.2, 0.25) is 0 Å². The average Bonchev–Trinajstić information content (AvgIpc) is 2.52. The van der Waals surface area contributed by atoms with Gasteiger partial charge in [-0.2, -0.15) is 0 Å². The van der Waals surface area contributed by atoms with E-state index in [1.165, 1.54) is 0 Å². The summed E-state index contributed by atoms with van der Waals surface area (Å²) in [7, 11) is 0. The van der Waals surface area contributed by atoms with E-state index in [9.17, 15) is 9.59 Å². The van der Waals surface area contributed by atoms with E-state index in [2.05, 4.69) is 10.3 Å². The summed E-state index contributed by atoms with van der Waals surface area (Å²) in [5.74, 6) is -1.05. The number of carbonyl (C=O) groups is 1. The molecule has 0 saturated heterocycles. The van der Waals surface area contributed by atoms with Crippen LogP contribution in [0.2, 0.25) is 5.15 Å². The van der Waals surface area contributed by atoms with Gasteiger partial charge in [0.05, 0.1) is 5.69 Å². The molecular formula is C16H18ClN3O3. The highest BCUT2D eigenvalue weighted by Crippen LogP contribution is 2.26. The number of aromatic nitrogens is 2. The standard InChI is InChI=1S/C16H18ClN3O3/c1-2-3-9-18-15-16(23)20(10-12(21)22)13(14(17)19-15)11-7-5-4-6-8-11/h4-8H,2-3,9-10H2,1H3,(H,18,19)(H,21,22). The predicted octanol–water partition coefficient (Wildman–Crippen LogP) is 2.86. The highest BCUT2D eigenvalue weighted by atomic mass is 35.5. The van der Waals surface area contributed by atoms with E-state index in [-0.39, 0.29) is 11.0 Å². The van der Waals surface area contributed by atoms with E-state index in [4.69, 9.17) is 16.7 Å². The highest BCUT2D eigenvalue weighted by Gasteiger charge is 2.18. The monoisotopic (exact) mass is 335 g/mol. The molecular weight excluding hydrogens is 318 g/mol. The number of aliphatic carboxylic acids is 1. The Bertz CT molecular complexity index is 744. The SMILES string of the molecule is CCCCNc1nc(Cl)c(-c2ccccc2)n(CC(=O)O)c1=O. The first-order valence-electron chi connectivity index (χ1n) is 7.36. The Balaban J connectivity index is 2.55. The van der Waals surface area contributed by atoms with Gasteiger partial charge in [-0.3, -0.25) is 14.2 Å². The number of carboxylic acid groups (broad SMARTS) is 1. The number of rotatable bonds is 7. The van der Waals surface area contributed by atoms with Crippen molar-refractivity contribution in [2.75, 3.05) is 11.9 Å². The summed E-state index contributed by atoms with van der Waals surface area (Å²) >= 11 is 6.23. The van der Waals surface area contributed by atoms with Crippen molar-refractivity contribution in [1.82, 2.24) is 9.55 Å². The first kappa shape index (κ1) is 17.0. The Hall–Kier alpha value is -2.34. The molecule has 0 aliphatic heterocycles. The number of halogens is 1. The molecule has 1 aromatic carbocycles. The zero-order valence-corrected chi connectivity index (χ0v) is 13.5. The van der Waals surface area contributed by atoms with Gasteiger partial charge in [-0.25, -0.2) is 4.98 Å². The summed E-state index contributed by atoms with van der Waals surface area (Å²) in [5, 5.41) is 12.1.